The Morgan fingerprint density at radius 3 is 2.62 bits per heavy atom. The Labute approximate surface area is 80.5 Å². The Kier molecular flexibility index (Phi) is 3.63. The first-order valence-corrected chi connectivity index (χ1v) is 4.36. The van der Waals surface area contributed by atoms with Gasteiger partial charge in [0, 0.05) is 0 Å². The molecule has 0 heterocycles. The van der Waals surface area contributed by atoms with Crippen LogP contribution in [0.25, 0.3) is 0 Å². The maximum absolute atomic E-state index is 13.2. The molecular weight excluding hydrogens is 196 g/mol. The van der Waals surface area contributed by atoms with E-state index in [1.807, 2.05) is 0 Å². The molecule has 0 bridgehead atoms. The van der Waals surface area contributed by atoms with E-state index in [1.165, 1.54) is 0 Å². The largest absolute Gasteiger partial charge is 0.330 e. The molecule has 0 saturated heterocycles. The summed E-state index contributed by atoms with van der Waals surface area (Å²) in [6.07, 6.45) is 1.04. The van der Waals surface area contributed by atoms with Crippen LogP contribution in [0.4, 0.5) is 8.78 Å². The molecule has 1 nitrogen and oxygen atoms in total. The van der Waals surface area contributed by atoms with Crippen LogP contribution in [-0.4, -0.2) is 6.54 Å². The Hall–Kier alpha value is -0.670. The molecule has 1 aromatic carbocycles. The molecule has 2 N–H and O–H groups in total. The molecule has 0 aliphatic heterocycles. The second-order valence-corrected chi connectivity index (χ2v) is 3.16. The van der Waals surface area contributed by atoms with Crippen molar-refractivity contribution in [2.45, 2.75) is 12.8 Å². The third-order valence-electron chi connectivity index (χ3n) is 1.72. The van der Waals surface area contributed by atoms with Crippen LogP contribution in [0.1, 0.15) is 12.0 Å². The van der Waals surface area contributed by atoms with Crippen LogP contribution in [0.5, 0.6) is 0 Å². The van der Waals surface area contributed by atoms with E-state index in [1.54, 1.807) is 0 Å². The second kappa shape index (κ2) is 4.53. The lowest BCUT2D eigenvalue weighted by atomic mass is 10.1. The Morgan fingerprint density at radius 1 is 1.31 bits per heavy atom. The maximum atomic E-state index is 13.2. The molecule has 4 heteroatoms. The van der Waals surface area contributed by atoms with Gasteiger partial charge in [0.25, 0.3) is 0 Å². The van der Waals surface area contributed by atoms with Crippen molar-refractivity contribution in [2.75, 3.05) is 6.54 Å². The molecule has 1 rings (SSSR count). The smallest absolute Gasteiger partial charge is 0.145 e. The van der Waals surface area contributed by atoms with Gasteiger partial charge < -0.3 is 5.73 Å². The summed E-state index contributed by atoms with van der Waals surface area (Å²) in [5.74, 6) is -1.06. The van der Waals surface area contributed by atoms with Gasteiger partial charge in [-0.2, -0.15) is 0 Å². The van der Waals surface area contributed by atoms with Crippen LogP contribution < -0.4 is 5.73 Å². The lowest BCUT2D eigenvalue weighted by molar-refractivity contribution is 0.582. The monoisotopic (exact) mass is 205 g/mol. The normalized spacial score (nSPS) is 10.5. The SMILES string of the molecule is NCCCc1cc(F)cc(Cl)c1F. The molecule has 0 fully saturated rings. The predicted octanol–water partition coefficient (Wildman–Crippen LogP) is 2.51. The van der Waals surface area contributed by atoms with Gasteiger partial charge in [0.15, 0.2) is 0 Å². The van der Waals surface area contributed by atoms with Crippen molar-refractivity contribution < 1.29 is 8.78 Å². The van der Waals surface area contributed by atoms with Crippen LogP contribution in [0.2, 0.25) is 5.02 Å². The fraction of sp³-hybridized carbons (Fsp3) is 0.333. The number of rotatable bonds is 3. The summed E-state index contributed by atoms with van der Waals surface area (Å²) in [6.45, 7) is 0.452. The highest BCUT2D eigenvalue weighted by molar-refractivity contribution is 6.30. The fourth-order valence-corrected chi connectivity index (χ4v) is 1.31. The van der Waals surface area contributed by atoms with E-state index in [4.69, 9.17) is 17.3 Å². The Balaban J connectivity index is 2.92. The van der Waals surface area contributed by atoms with Gasteiger partial charge in [-0.3, -0.25) is 0 Å². The minimum atomic E-state index is -0.545. The first-order valence-electron chi connectivity index (χ1n) is 3.98. The van der Waals surface area contributed by atoms with Crippen molar-refractivity contribution in [1.82, 2.24) is 0 Å². The van der Waals surface area contributed by atoms with Gasteiger partial charge in [-0.05, 0) is 37.1 Å². The summed E-state index contributed by atoms with van der Waals surface area (Å²) < 4.78 is 25.9. The molecule has 72 valence electrons. The molecule has 13 heavy (non-hydrogen) atoms. The Bertz CT molecular complexity index is 302. The maximum Gasteiger partial charge on any atom is 0.145 e. The minimum absolute atomic E-state index is 0.174. The van der Waals surface area contributed by atoms with Gasteiger partial charge in [0.1, 0.15) is 11.6 Å². The summed E-state index contributed by atoms with van der Waals surface area (Å²) in [7, 11) is 0. The summed E-state index contributed by atoms with van der Waals surface area (Å²) in [5.41, 5.74) is 5.54. The molecule has 0 amide bonds. The van der Waals surface area contributed by atoms with Gasteiger partial charge in [0.05, 0.1) is 5.02 Å². The predicted molar refractivity (Wildman–Crippen MR) is 48.7 cm³/mol. The van der Waals surface area contributed by atoms with Gasteiger partial charge in [-0.15, -0.1) is 0 Å². The zero-order valence-electron chi connectivity index (χ0n) is 6.99. The van der Waals surface area contributed by atoms with Crippen molar-refractivity contribution in [2.24, 2.45) is 5.73 Å². The molecule has 0 unspecified atom stereocenters. The van der Waals surface area contributed by atoms with Gasteiger partial charge in [-0.1, -0.05) is 11.6 Å². The van der Waals surface area contributed by atoms with Crippen molar-refractivity contribution >= 4 is 11.6 Å². The number of halogens is 3. The average molecular weight is 206 g/mol. The molecule has 0 aromatic heterocycles. The number of nitrogens with two attached hydrogens (primary N) is 1. The van der Waals surface area contributed by atoms with Crippen LogP contribution >= 0.6 is 11.6 Å². The van der Waals surface area contributed by atoms with Crippen LogP contribution in [0.15, 0.2) is 12.1 Å². The molecular formula is C9H10ClF2N. The van der Waals surface area contributed by atoms with Crippen molar-refractivity contribution in [3.05, 3.63) is 34.4 Å². The van der Waals surface area contributed by atoms with Gasteiger partial charge >= 0.3 is 0 Å². The van der Waals surface area contributed by atoms with Crippen molar-refractivity contribution in [1.29, 1.82) is 0 Å². The first kappa shape index (κ1) is 10.4. The topological polar surface area (TPSA) is 26.0 Å². The highest BCUT2D eigenvalue weighted by atomic mass is 35.5. The van der Waals surface area contributed by atoms with E-state index in [-0.39, 0.29) is 10.6 Å². The summed E-state index contributed by atoms with van der Waals surface area (Å²) >= 11 is 5.45. The zero-order chi connectivity index (χ0) is 9.84. The Morgan fingerprint density at radius 2 is 2.00 bits per heavy atom. The fourth-order valence-electron chi connectivity index (χ4n) is 1.08. The molecule has 1 aromatic rings. The number of hydrogen-bond acceptors (Lipinski definition) is 1. The summed E-state index contributed by atoms with van der Waals surface area (Å²) in [4.78, 5) is 0. The average Bonchev–Trinajstić information content (AvgIpc) is 2.09. The van der Waals surface area contributed by atoms with Crippen LogP contribution in [-0.2, 0) is 6.42 Å². The van der Waals surface area contributed by atoms with Crippen molar-refractivity contribution in [3.63, 3.8) is 0 Å². The zero-order valence-corrected chi connectivity index (χ0v) is 7.74. The van der Waals surface area contributed by atoms with Crippen molar-refractivity contribution in [3.8, 4) is 0 Å². The number of benzene rings is 1. The van der Waals surface area contributed by atoms with E-state index >= 15 is 0 Å². The summed E-state index contributed by atoms with van der Waals surface area (Å²) in [5, 5.41) is -0.174. The first-order chi connectivity index (χ1) is 6.15. The van der Waals surface area contributed by atoms with E-state index in [0.29, 0.717) is 19.4 Å². The lowest BCUT2D eigenvalue weighted by Gasteiger charge is -2.03. The van der Waals surface area contributed by atoms with E-state index in [9.17, 15) is 8.78 Å². The third-order valence-corrected chi connectivity index (χ3v) is 1.99. The highest BCUT2D eigenvalue weighted by Gasteiger charge is 2.08. The molecule has 0 aliphatic carbocycles. The molecule has 0 aliphatic rings. The lowest BCUT2D eigenvalue weighted by Crippen LogP contribution is -2.02. The van der Waals surface area contributed by atoms with E-state index in [0.717, 1.165) is 12.1 Å². The minimum Gasteiger partial charge on any atom is -0.330 e. The van der Waals surface area contributed by atoms with Crippen LogP contribution in [0, 0.1) is 11.6 Å². The van der Waals surface area contributed by atoms with Gasteiger partial charge in [-0.25, -0.2) is 8.78 Å². The number of aryl methyl sites for hydroxylation is 1. The molecule has 0 atom stereocenters. The molecule has 0 spiro atoms. The van der Waals surface area contributed by atoms with Gasteiger partial charge in [0.2, 0.25) is 0 Å². The van der Waals surface area contributed by atoms with E-state index < -0.39 is 11.6 Å². The van der Waals surface area contributed by atoms with E-state index in [2.05, 4.69) is 0 Å². The molecule has 0 saturated carbocycles. The highest BCUT2D eigenvalue weighted by Crippen LogP contribution is 2.20. The third kappa shape index (κ3) is 2.64. The number of hydrogen-bond donors (Lipinski definition) is 1. The summed E-state index contributed by atoms with van der Waals surface area (Å²) in [6, 6.07) is 2.11. The van der Waals surface area contributed by atoms with Crippen LogP contribution in [0.3, 0.4) is 0 Å². The second-order valence-electron chi connectivity index (χ2n) is 2.75. The quantitative estimate of drug-likeness (QED) is 0.754. The molecule has 0 radical (unpaired) electrons. The standard InChI is InChI=1S/C9H10ClF2N/c10-8-5-7(11)4-6(9(8)12)2-1-3-13/h4-5H,1-3,13H2.